The van der Waals surface area contributed by atoms with Crippen LogP contribution in [0.3, 0.4) is 0 Å². The number of carbonyl (C=O) groups is 2. The van der Waals surface area contributed by atoms with E-state index in [1.54, 1.807) is 0 Å². The van der Waals surface area contributed by atoms with Gasteiger partial charge >= 0.3 is 0 Å². The summed E-state index contributed by atoms with van der Waals surface area (Å²) in [4.78, 5) is 23.6. The Labute approximate surface area is 115 Å². The van der Waals surface area contributed by atoms with E-state index in [1.165, 1.54) is 5.57 Å². The number of hydrogen-bond acceptors (Lipinski definition) is 2. The fraction of sp³-hybridized carbons (Fsp3) is 0.733. The highest BCUT2D eigenvalue weighted by molar-refractivity contribution is 5.88. The van der Waals surface area contributed by atoms with E-state index in [1.807, 2.05) is 13.8 Å². The van der Waals surface area contributed by atoms with Gasteiger partial charge in [-0.25, -0.2) is 0 Å². The molecule has 2 unspecified atom stereocenters. The minimum Gasteiger partial charge on any atom is -0.352 e. The Morgan fingerprint density at radius 2 is 1.89 bits per heavy atom. The molecule has 19 heavy (non-hydrogen) atoms. The third-order valence-electron chi connectivity index (χ3n) is 4.07. The van der Waals surface area contributed by atoms with Gasteiger partial charge in [0, 0.05) is 6.04 Å². The van der Waals surface area contributed by atoms with Gasteiger partial charge in [0.15, 0.2) is 0 Å². The van der Waals surface area contributed by atoms with Crippen LogP contribution < -0.4 is 10.6 Å². The standard InChI is InChI=1S/C15H24N2O2/c1-9(2)7-11-13(15(11,3)4)14(19)16-8-12(18)17-10-5-6-10/h7,10-11,13H,5-6,8H2,1-4H3,(H,16,19)(H,17,18). The van der Waals surface area contributed by atoms with E-state index in [0.717, 1.165) is 12.8 Å². The molecular formula is C15H24N2O2. The first-order valence-corrected chi connectivity index (χ1v) is 7.04. The van der Waals surface area contributed by atoms with Gasteiger partial charge in [0.2, 0.25) is 11.8 Å². The van der Waals surface area contributed by atoms with Gasteiger partial charge in [-0.3, -0.25) is 9.59 Å². The quantitative estimate of drug-likeness (QED) is 0.741. The molecule has 2 amide bonds. The number of carbonyl (C=O) groups excluding carboxylic acids is 2. The molecule has 2 N–H and O–H groups in total. The molecule has 0 heterocycles. The summed E-state index contributed by atoms with van der Waals surface area (Å²) in [5.41, 5.74) is 1.24. The van der Waals surface area contributed by atoms with Crippen LogP contribution in [0.4, 0.5) is 0 Å². The molecular weight excluding hydrogens is 240 g/mol. The van der Waals surface area contributed by atoms with Crippen molar-refractivity contribution in [1.29, 1.82) is 0 Å². The molecule has 0 bridgehead atoms. The van der Waals surface area contributed by atoms with Crippen LogP contribution in [0.2, 0.25) is 0 Å². The van der Waals surface area contributed by atoms with Gasteiger partial charge in [-0.15, -0.1) is 0 Å². The highest BCUT2D eigenvalue weighted by Crippen LogP contribution is 2.59. The smallest absolute Gasteiger partial charge is 0.239 e. The van der Waals surface area contributed by atoms with Crippen molar-refractivity contribution in [3.05, 3.63) is 11.6 Å². The van der Waals surface area contributed by atoms with Crippen molar-refractivity contribution in [3.8, 4) is 0 Å². The van der Waals surface area contributed by atoms with E-state index in [4.69, 9.17) is 0 Å². The highest BCUT2D eigenvalue weighted by atomic mass is 16.2. The molecule has 0 aromatic heterocycles. The summed E-state index contributed by atoms with van der Waals surface area (Å²) < 4.78 is 0. The van der Waals surface area contributed by atoms with Gasteiger partial charge in [0.25, 0.3) is 0 Å². The Morgan fingerprint density at radius 3 is 2.42 bits per heavy atom. The molecule has 2 fully saturated rings. The summed E-state index contributed by atoms with van der Waals surface area (Å²) in [5, 5.41) is 5.62. The summed E-state index contributed by atoms with van der Waals surface area (Å²) in [6.45, 7) is 8.40. The monoisotopic (exact) mass is 264 g/mol. The van der Waals surface area contributed by atoms with Crippen molar-refractivity contribution < 1.29 is 9.59 Å². The average molecular weight is 264 g/mol. The van der Waals surface area contributed by atoms with Crippen molar-refractivity contribution in [2.24, 2.45) is 17.3 Å². The normalized spacial score (nSPS) is 27.4. The maximum atomic E-state index is 12.1. The number of hydrogen-bond donors (Lipinski definition) is 2. The molecule has 0 aromatic carbocycles. The van der Waals surface area contributed by atoms with Crippen LogP contribution in [0.1, 0.15) is 40.5 Å². The lowest BCUT2D eigenvalue weighted by molar-refractivity contribution is -0.127. The third-order valence-corrected chi connectivity index (χ3v) is 4.07. The molecule has 106 valence electrons. The molecule has 0 spiro atoms. The van der Waals surface area contributed by atoms with Crippen molar-refractivity contribution >= 4 is 11.8 Å². The third kappa shape index (κ3) is 3.37. The average Bonchev–Trinajstić information content (AvgIpc) is 3.16. The van der Waals surface area contributed by atoms with Crippen molar-refractivity contribution in [2.75, 3.05) is 6.54 Å². The molecule has 0 saturated heterocycles. The first kappa shape index (κ1) is 14.1. The van der Waals surface area contributed by atoms with Crippen LogP contribution in [-0.4, -0.2) is 24.4 Å². The highest BCUT2D eigenvalue weighted by Gasteiger charge is 2.60. The number of nitrogens with one attached hydrogen (secondary N) is 2. The van der Waals surface area contributed by atoms with Crippen molar-refractivity contribution in [2.45, 2.75) is 46.6 Å². The van der Waals surface area contributed by atoms with Crippen LogP contribution in [-0.2, 0) is 9.59 Å². The number of amides is 2. The SMILES string of the molecule is CC(C)=CC1C(C(=O)NCC(=O)NC2CC2)C1(C)C. The second kappa shape index (κ2) is 4.99. The van der Waals surface area contributed by atoms with Gasteiger partial charge in [-0.05, 0) is 38.0 Å². The maximum Gasteiger partial charge on any atom is 0.239 e. The second-order valence-corrected chi connectivity index (χ2v) is 6.63. The van der Waals surface area contributed by atoms with Crippen LogP contribution in [0, 0.1) is 17.3 Å². The minimum atomic E-state index is -0.0759. The van der Waals surface area contributed by atoms with E-state index in [9.17, 15) is 9.59 Å². The number of rotatable bonds is 5. The van der Waals surface area contributed by atoms with E-state index < -0.39 is 0 Å². The molecule has 0 aromatic rings. The number of allylic oxidation sites excluding steroid dienone is 2. The van der Waals surface area contributed by atoms with Gasteiger partial charge in [0.05, 0.1) is 12.5 Å². The zero-order chi connectivity index (χ0) is 14.2. The Hall–Kier alpha value is -1.32. The fourth-order valence-electron chi connectivity index (χ4n) is 2.63. The Morgan fingerprint density at radius 1 is 1.26 bits per heavy atom. The lowest BCUT2D eigenvalue weighted by Crippen LogP contribution is -2.39. The molecule has 2 rings (SSSR count). The molecule has 2 aliphatic rings. The summed E-state index contributed by atoms with van der Waals surface area (Å²) in [7, 11) is 0. The van der Waals surface area contributed by atoms with E-state index in [-0.39, 0.29) is 29.7 Å². The van der Waals surface area contributed by atoms with Crippen LogP contribution in [0.5, 0.6) is 0 Å². The fourth-order valence-corrected chi connectivity index (χ4v) is 2.63. The van der Waals surface area contributed by atoms with Crippen molar-refractivity contribution in [3.63, 3.8) is 0 Å². The second-order valence-electron chi connectivity index (χ2n) is 6.63. The molecule has 0 radical (unpaired) electrons. The zero-order valence-corrected chi connectivity index (χ0v) is 12.2. The van der Waals surface area contributed by atoms with Gasteiger partial charge < -0.3 is 10.6 Å². The predicted molar refractivity (Wildman–Crippen MR) is 74.4 cm³/mol. The van der Waals surface area contributed by atoms with Crippen molar-refractivity contribution in [1.82, 2.24) is 10.6 Å². The summed E-state index contributed by atoms with van der Waals surface area (Å²) in [5.74, 6) is 0.214. The molecule has 4 nitrogen and oxygen atoms in total. The largest absolute Gasteiger partial charge is 0.352 e. The summed E-state index contributed by atoms with van der Waals surface area (Å²) in [6, 6.07) is 0.347. The Balaban J connectivity index is 1.80. The van der Waals surface area contributed by atoms with Gasteiger partial charge in [-0.2, -0.15) is 0 Å². The Bertz CT molecular complexity index is 418. The van der Waals surface area contributed by atoms with E-state index in [0.29, 0.717) is 12.0 Å². The minimum absolute atomic E-state index is 0.00144. The van der Waals surface area contributed by atoms with Crippen LogP contribution >= 0.6 is 0 Å². The molecule has 2 atom stereocenters. The molecule has 0 aliphatic heterocycles. The van der Waals surface area contributed by atoms with Gasteiger partial charge in [0.1, 0.15) is 0 Å². The van der Waals surface area contributed by atoms with Crippen LogP contribution in [0.15, 0.2) is 11.6 Å². The zero-order valence-electron chi connectivity index (χ0n) is 12.2. The first-order valence-electron chi connectivity index (χ1n) is 7.04. The lowest BCUT2D eigenvalue weighted by Gasteiger charge is -2.06. The predicted octanol–water partition coefficient (Wildman–Crippen LogP) is 1.62. The summed E-state index contributed by atoms with van der Waals surface area (Å²) in [6.07, 6.45) is 4.30. The molecule has 2 aliphatic carbocycles. The topological polar surface area (TPSA) is 58.2 Å². The first-order chi connectivity index (χ1) is 8.82. The van der Waals surface area contributed by atoms with Crippen LogP contribution in [0.25, 0.3) is 0 Å². The summed E-state index contributed by atoms with van der Waals surface area (Å²) >= 11 is 0. The van der Waals surface area contributed by atoms with E-state index in [2.05, 4.69) is 30.6 Å². The lowest BCUT2D eigenvalue weighted by atomic mass is 10.1. The molecule has 2 saturated carbocycles. The van der Waals surface area contributed by atoms with Gasteiger partial charge in [-0.1, -0.05) is 25.5 Å². The Kier molecular flexibility index (Phi) is 3.70. The molecule has 4 heteroatoms. The van der Waals surface area contributed by atoms with E-state index >= 15 is 0 Å². The maximum absolute atomic E-state index is 12.1.